The molecule has 2 aliphatic heterocycles. The molecule has 0 saturated carbocycles. The quantitative estimate of drug-likeness (QED) is 0.796. The second-order valence-corrected chi connectivity index (χ2v) is 6.36. The van der Waals surface area contributed by atoms with Gasteiger partial charge in [0.2, 0.25) is 0 Å². The Bertz CT molecular complexity index is 354. The molecule has 1 unspecified atom stereocenters. The van der Waals surface area contributed by atoms with Gasteiger partial charge >= 0.3 is 0 Å². The molecule has 2 heterocycles. The van der Waals surface area contributed by atoms with E-state index in [2.05, 4.69) is 52.7 Å². The van der Waals surface area contributed by atoms with E-state index < -0.39 is 0 Å². The third-order valence-corrected chi connectivity index (χ3v) is 4.93. The Balaban J connectivity index is 1.75. The van der Waals surface area contributed by atoms with Gasteiger partial charge in [-0.05, 0) is 29.9 Å². The van der Waals surface area contributed by atoms with Crippen LogP contribution in [0.5, 0.6) is 0 Å². The summed E-state index contributed by atoms with van der Waals surface area (Å²) in [5.74, 6) is 2.60. The van der Waals surface area contributed by atoms with Gasteiger partial charge in [-0.25, -0.2) is 0 Å². The van der Waals surface area contributed by atoms with Gasteiger partial charge < -0.3 is 10.6 Å². The molecular formula is C14H20N2S. The van der Waals surface area contributed by atoms with Crippen molar-refractivity contribution in [3.8, 4) is 0 Å². The molecule has 3 heteroatoms. The Morgan fingerprint density at radius 2 is 1.88 bits per heavy atom. The zero-order valence-corrected chi connectivity index (χ0v) is 10.9. The zero-order valence-electron chi connectivity index (χ0n) is 10.1. The van der Waals surface area contributed by atoms with Crippen LogP contribution >= 0.6 is 11.8 Å². The average Bonchev–Trinajstić information content (AvgIpc) is 2.41. The predicted molar refractivity (Wildman–Crippen MR) is 74.5 cm³/mol. The minimum atomic E-state index is 0.351. The molecule has 1 aromatic rings. The van der Waals surface area contributed by atoms with E-state index in [4.69, 9.17) is 0 Å². The van der Waals surface area contributed by atoms with Crippen molar-refractivity contribution in [1.82, 2.24) is 10.6 Å². The van der Waals surface area contributed by atoms with Crippen molar-refractivity contribution in [3.05, 3.63) is 35.9 Å². The van der Waals surface area contributed by atoms with Crippen molar-refractivity contribution < 1.29 is 0 Å². The minimum absolute atomic E-state index is 0.351. The smallest absolute Gasteiger partial charge is 0.0451 e. The Morgan fingerprint density at radius 1 is 1.12 bits per heavy atom. The Morgan fingerprint density at radius 3 is 2.65 bits per heavy atom. The van der Waals surface area contributed by atoms with E-state index in [9.17, 15) is 0 Å². The van der Waals surface area contributed by atoms with Crippen molar-refractivity contribution in [2.45, 2.75) is 24.4 Å². The summed E-state index contributed by atoms with van der Waals surface area (Å²) in [4.78, 5) is 0. The van der Waals surface area contributed by atoms with E-state index in [1.54, 1.807) is 0 Å². The van der Waals surface area contributed by atoms with Gasteiger partial charge in [0.05, 0.1) is 0 Å². The van der Waals surface area contributed by atoms with Crippen molar-refractivity contribution >= 4 is 11.8 Å². The van der Waals surface area contributed by atoms with E-state index in [1.165, 1.54) is 29.9 Å². The van der Waals surface area contributed by atoms with Crippen LogP contribution in [0.2, 0.25) is 0 Å². The fraction of sp³-hybridized carbons (Fsp3) is 0.571. The Kier molecular flexibility index (Phi) is 3.41. The van der Waals surface area contributed by atoms with Crippen LogP contribution < -0.4 is 10.6 Å². The first kappa shape index (κ1) is 11.6. The second-order valence-electron chi connectivity index (χ2n) is 5.13. The van der Waals surface area contributed by atoms with Crippen molar-refractivity contribution in [3.63, 3.8) is 0 Å². The lowest BCUT2D eigenvalue weighted by Crippen LogP contribution is -2.61. The maximum atomic E-state index is 3.91. The van der Waals surface area contributed by atoms with Crippen molar-refractivity contribution in [2.24, 2.45) is 0 Å². The molecule has 0 radical (unpaired) electrons. The number of piperazine rings is 1. The van der Waals surface area contributed by atoms with Gasteiger partial charge in [-0.3, -0.25) is 0 Å². The first-order chi connectivity index (χ1) is 8.38. The van der Waals surface area contributed by atoms with Crippen LogP contribution in [-0.4, -0.2) is 30.1 Å². The van der Waals surface area contributed by atoms with Gasteiger partial charge in [-0.15, -0.1) is 0 Å². The van der Waals surface area contributed by atoms with Crippen molar-refractivity contribution in [1.29, 1.82) is 0 Å². The van der Waals surface area contributed by atoms with Crippen molar-refractivity contribution in [2.75, 3.05) is 24.6 Å². The highest BCUT2D eigenvalue weighted by Crippen LogP contribution is 2.31. The summed E-state index contributed by atoms with van der Waals surface area (Å²) in [5, 5.41) is 7.53. The number of thioether (sulfide) groups is 1. The second kappa shape index (κ2) is 5.01. The summed E-state index contributed by atoms with van der Waals surface area (Å²) in [7, 11) is 0. The molecule has 0 aromatic heterocycles. The number of nitrogens with one attached hydrogen (secondary N) is 2. The molecule has 17 heavy (non-hydrogen) atoms. The maximum absolute atomic E-state index is 3.91. The first-order valence-electron chi connectivity index (χ1n) is 6.49. The molecule has 1 atom stereocenters. The van der Waals surface area contributed by atoms with E-state index >= 15 is 0 Å². The van der Waals surface area contributed by atoms with Crippen LogP contribution in [0.4, 0.5) is 0 Å². The fourth-order valence-corrected chi connectivity index (χ4v) is 4.17. The van der Waals surface area contributed by atoms with Crippen LogP contribution in [0.15, 0.2) is 30.3 Å². The van der Waals surface area contributed by atoms with Gasteiger partial charge in [0.15, 0.2) is 0 Å². The zero-order chi connectivity index (χ0) is 11.6. The van der Waals surface area contributed by atoms with Gasteiger partial charge in [-0.2, -0.15) is 11.8 Å². The molecule has 2 nitrogen and oxygen atoms in total. The standard InChI is InChI=1S/C14H20N2S/c1-2-4-12(5-3-1)13-10-15-11-14(16-13)6-8-17-9-7-14/h1-5,13,15-16H,6-11H2. The summed E-state index contributed by atoms with van der Waals surface area (Å²) < 4.78 is 0. The summed E-state index contributed by atoms with van der Waals surface area (Å²) in [6.07, 6.45) is 2.60. The molecular weight excluding hydrogens is 228 g/mol. The largest absolute Gasteiger partial charge is 0.313 e. The summed E-state index contributed by atoms with van der Waals surface area (Å²) in [5.41, 5.74) is 1.77. The predicted octanol–water partition coefficient (Wildman–Crippen LogP) is 2.19. The highest BCUT2D eigenvalue weighted by atomic mass is 32.2. The summed E-state index contributed by atoms with van der Waals surface area (Å²) in [6, 6.07) is 11.3. The van der Waals surface area contributed by atoms with E-state index in [0.717, 1.165) is 13.1 Å². The topological polar surface area (TPSA) is 24.1 Å². The Hall–Kier alpha value is -0.510. The molecule has 2 N–H and O–H groups in total. The highest BCUT2D eigenvalue weighted by Gasteiger charge is 2.37. The molecule has 0 aliphatic carbocycles. The lowest BCUT2D eigenvalue weighted by molar-refractivity contribution is 0.209. The SMILES string of the molecule is c1ccc(C2CNCC3(CCSCC3)N2)cc1. The monoisotopic (exact) mass is 248 g/mol. The number of benzene rings is 1. The number of rotatable bonds is 1. The molecule has 1 spiro atoms. The molecule has 1 aromatic carbocycles. The van der Waals surface area contributed by atoms with Gasteiger partial charge in [-0.1, -0.05) is 30.3 Å². The highest BCUT2D eigenvalue weighted by molar-refractivity contribution is 7.99. The fourth-order valence-electron chi connectivity index (χ4n) is 2.90. The van der Waals surface area contributed by atoms with Crippen LogP contribution in [0.25, 0.3) is 0 Å². The lowest BCUT2D eigenvalue weighted by atomic mass is 9.87. The molecule has 2 fully saturated rings. The Labute approximate surface area is 108 Å². The molecule has 2 saturated heterocycles. The first-order valence-corrected chi connectivity index (χ1v) is 7.65. The van der Waals surface area contributed by atoms with Crippen LogP contribution in [-0.2, 0) is 0 Å². The molecule has 0 bridgehead atoms. The molecule has 3 rings (SSSR count). The summed E-state index contributed by atoms with van der Waals surface area (Å²) in [6.45, 7) is 2.19. The molecule has 2 aliphatic rings. The van der Waals surface area contributed by atoms with Gasteiger partial charge in [0.1, 0.15) is 0 Å². The average molecular weight is 248 g/mol. The van der Waals surface area contributed by atoms with Crippen LogP contribution in [0, 0.1) is 0 Å². The number of hydrogen-bond donors (Lipinski definition) is 2. The van der Waals surface area contributed by atoms with Crippen LogP contribution in [0.3, 0.4) is 0 Å². The molecule has 92 valence electrons. The molecule has 0 amide bonds. The van der Waals surface area contributed by atoms with E-state index in [-0.39, 0.29) is 0 Å². The third-order valence-electron chi connectivity index (χ3n) is 3.94. The van der Waals surface area contributed by atoms with E-state index in [1.807, 2.05) is 0 Å². The summed E-state index contributed by atoms with van der Waals surface area (Å²) >= 11 is 2.09. The van der Waals surface area contributed by atoms with Gasteiger partial charge in [0, 0.05) is 24.7 Å². The van der Waals surface area contributed by atoms with Gasteiger partial charge in [0.25, 0.3) is 0 Å². The third kappa shape index (κ3) is 2.51. The lowest BCUT2D eigenvalue weighted by Gasteiger charge is -2.45. The number of hydrogen-bond acceptors (Lipinski definition) is 3. The maximum Gasteiger partial charge on any atom is 0.0451 e. The normalized spacial score (nSPS) is 28.1. The van der Waals surface area contributed by atoms with E-state index in [0.29, 0.717) is 11.6 Å². The minimum Gasteiger partial charge on any atom is -0.313 e. The van der Waals surface area contributed by atoms with Crippen LogP contribution in [0.1, 0.15) is 24.4 Å².